The molecule has 0 saturated carbocycles. The first kappa shape index (κ1) is 21.7. The van der Waals surface area contributed by atoms with Crippen LogP contribution in [0.3, 0.4) is 0 Å². The molecule has 1 aromatic rings. The van der Waals surface area contributed by atoms with Gasteiger partial charge in [0.1, 0.15) is 11.5 Å². The zero-order valence-electron chi connectivity index (χ0n) is 16.7. The summed E-state index contributed by atoms with van der Waals surface area (Å²) < 4.78 is 11.3. The van der Waals surface area contributed by atoms with Gasteiger partial charge in [-0.3, -0.25) is 4.79 Å². The summed E-state index contributed by atoms with van der Waals surface area (Å²) >= 11 is 0. The summed E-state index contributed by atoms with van der Waals surface area (Å²) in [6, 6.07) is 7.76. The topological polar surface area (TPSA) is 55.8 Å². The molecule has 0 unspecified atom stereocenters. The fourth-order valence-electron chi connectivity index (χ4n) is 2.77. The number of aliphatic hydroxyl groups is 1. The Kier molecular flexibility index (Phi) is 8.10. The van der Waals surface area contributed by atoms with Gasteiger partial charge in [-0.05, 0) is 23.6 Å². The maximum Gasteiger partial charge on any atom is 0.140 e. The monoisotopic (exact) mass is 350 g/mol. The highest BCUT2D eigenvalue weighted by molar-refractivity contribution is 5.84. The van der Waals surface area contributed by atoms with Gasteiger partial charge in [0.25, 0.3) is 0 Å². The standard InChI is InChI=1S/C21H34O4/c1-14(2)20(15(3)18(22)12-19(23)21(4,5)6)25-13-16-8-10-17(24-7)11-9-16/h8-11,14-15,18,20,22H,12-13H2,1-7H3/t15-,18+,20-/m1/s1. The Labute approximate surface area is 152 Å². The third-order valence-corrected chi connectivity index (χ3v) is 4.61. The highest BCUT2D eigenvalue weighted by Gasteiger charge is 2.31. The molecule has 142 valence electrons. The molecule has 0 aliphatic carbocycles. The highest BCUT2D eigenvalue weighted by atomic mass is 16.5. The van der Waals surface area contributed by atoms with E-state index < -0.39 is 11.5 Å². The molecule has 0 heterocycles. The Balaban J connectivity index is 2.69. The van der Waals surface area contributed by atoms with Crippen molar-refractivity contribution in [2.75, 3.05) is 7.11 Å². The summed E-state index contributed by atoms with van der Waals surface area (Å²) in [4.78, 5) is 12.2. The quantitative estimate of drug-likeness (QED) is 0.724. The second-order valence-electron chi connectivity index (χ2n) is 8.17. The molecule has 3 atom stereocenters. The van der Waals surface area contributed by atoms with E-state index in [9.17, 15) is 9.90 Å². The van der Waals surface area contributed by atoms with Crippen LogP contribution in [-0.2, 0) is 16.1 Å². The van der Waals surface area contributed by atoms with Gasteiger partial charge in [0, 0.05) is 17.8 Å². The van der Waals surface area contributed by atoms with E-state index in [2.05, 4.69) is 13.8 Å². The van der Waals surface area contributed by atoms with Gasteiger partial charge in [-0.15, -0.1) is 0 Å². The largest absolute Gasteiger partial charge is 0.497 e. The number of Topliss-reactive ketones (excluding diaryl/α,β-unsaturated/α-hetero) is 1. The minimum Gasteiger partial charge on any atom is -0.497 e. The van der Waals surface area contributed by atoms with Crippen LogP contribution in [0.1, 0.15) is 53.5 Å². The molecule has 0 radical (unpaired) electrons. The number of rotatable bonds is 9. The molecule has 1 rings (SSSR count). The smallest absolute Gasteiger partial charge is 0.140 e. The van der Waals surface area contributed by atoms with Gasteiger partial charge < -0.3 is 14.6 Å². The van der Waals surface area contributed by atoms with E-state index in [0.717, 1.165) is 11.3 Å². The summed E-state index contributed by atoms with van der Waals surface area (Å²) in [5, 5.41) is 10.5. The first-order valence-corrected chi connectivity index (χ1v) is 9.02. The van der Waals surface area contributed by atoms with Crippen LogP contribution in [0.15, 0.2) is 24.3 Å². The number of methoxy groups -OCH3 is 1. The van der Waals surface area contributed by atoms with Crippen LogP contribution in [0.25, 0.3) is 0 Å². The fourth-order valence-corrected chi connectivity index (χ4v) is 2.77. The Hall–Kier alpha value is -1.39. The number of ether oxygens (including phenoxy) is 2. The third kappa shape index (κ3) is 6.79. The zero-order chi connectivity index (χ0) is 19.2. The van der Waals surface area contributed by atoms with E-state index in [1.807, 2.05) is 52.0 Å². The Morgan fingerprint density at radius 3 is 2.12 bits per heavy atom. The number of carbonyl (C=O) groups excluding carboxylic acids is 1. The summed E-state index contributed by atoms with van der Waals surface area (Å²) in [7, 11) is 1.64. The van der Waals surface area contributed by atoms with Gasteiger partial charge in [0.05, 0.1) is 25.9 Å². The highest BCUT2D eigenvalue weighted by Crippen LogP contribution is 2.26. The Bertz CT molecular complexity index is 528. The van der Waals surface area contributed by atoms with Gasteiger partial charge in [0.15, 0.2) is 0 Å². The van der Waals surface area contributed by atoms with Crippen molar-refractivity contribution in [1.29, 1.82) is 0 Å². The second kappa shape index (κ2) is 9.35. The van der Waals surface area contributed by atoms with E-state index in [0.29, 0.717) is 6.61 Å². The van der Waals surface area contributed by atoms with Gasteiger partial charge >= 0.3 is 0 Å². The molecule has 0 fully saturated rings. The predicted octanol–water partition coefficient (Wildman–Crippen LogP) is 4.24. The van der Waals surface area contributed by atoms with E-state index in [1.165, 1.54) is 0 Å². The number of hydrogen-bond acceptors (Lipinski definition) is 4. The molecule has 0 aliphatic rings. The Morgan fingerprint density at radius 1 is 1.12 bits per heavy atom. The van der Waals surface area contributed by atoms with Gasteiger partial charge in [-0.2, -0.15) is 0 Å². The number of benzene rings is 1. The average Bonchev–Trinajstić information content (AvgIpc) is 2.54. The average molecular weight is 350 g/mol. The summed E-state index contributed by atoms with van der Waals surface area (Å²) in [5.74, 6) is 1.01. The maximum atomic E-state index is 12.2. The van der Waals surface area contributed by atoms with Crippen molar-refractivity contribution in [2.24, 2.45) is 17.3 Å². The van der Waals surface area contributed by atoms with Crippen molar-refractivity contribution in [3.63, 3.8) is 0 Å². The first-order chi connectivity index (χ1) is 11.6. The molecule has 0 aliphatic heterocycles. The van der Waals surface area contributed by atoms with Crippen molar-refractivity contribution >= 4 is 5.78 Å². The van der Waals surface area contributed by atoms with Crippen molar-refractivity contribution < 1.29 is 19.4 Å². The number of carbonyl (C=O) groups is 1. The van der Waals surface area contributed by atoms with Crippen molar-refractivity contribution in [1.82, 2.24) is 0 Å². The summed E-state index contributed by atoms with van der Waals surface area (Å²) in [5.41, 5.74) is 0.622. The van der Waals surface area contributed by atoms with Gasteiger partial charge in [-0.1, -0.05) is 53.7 Å². The van der Waals surface area contributed by atoms with E-state index in [1.54, 1.807) is 7.11 Å². The number of ketones is 1. The zero-order valence-corrected chi connectivity index (χ0v) is 16.7. The second-order valence-corrected chi connectivity index (χ2v) is 8.17. The first-order valence-electron chi connectivity index (χ1n) is 9.02. The lowest BCUT2D eigenvalue weighted by molar-refractivity contribution is -0.130. The molecule has 0 aromatic heterocycles. The lowest BCUT2D eigenvalue weighted by Crippen LogP contribution is -2.38. The van der Waals surface area contributed by atoms with E-state index >= 15 is 0 Å². The number of hydrogen-bond donors (Lipinski definition) is 1. The van der Waals surface area contributed by atoms with Gasteiger partial charge in [-0.25, -0.2) is 0 Å². The molecule has 0 saturated heterocycles. The van der Waals surface area contributed by atoms with Crippen molar-refractivity contribution in [2.45, 2.75) is 66.8 Å². The molecule has 1 aromatic carbocycles. The molecule has 0 bridgehead atoms. The fraction of sp³-hybridized carbons (Fsp3) is 0.667. The van der Waals surface area contributed by atoms with Crippen LogP contribution >= 0.6 is 0 Å². The third-order valence-electron chi connectivity index (χ3n) is 4.61. The van der Waals surface area contributed by atoms with E-state index in [4.69, 9.17) is 9.47 Å². The minimum absolute atomic E-state index is 0.0736. The molecule has 4 heteroatoms. The van der Waals surface area contributed by atoms with Crippen LogP contribution in [0.5, 0.6) is 5.75 Å². The lowest BCUT2D eigenvalue weighted by Gasteiger charge is -2.32. The molecular weight excluding hydrogens is 316 g/mol. The van der Waals surface area contributed by atoms with Gasteiger partial charge in [0.2, 0.25) is 0 Å². The van der Waals surface area contributed by atoms with Crippen LogP contribution in [0.4, 0.5) is 0 Å². The molecule has 0 spiro atoms. The number of aliphatic hydroxyl groups excluding tert-OH is 1. The molecule has 4 nitrogen and oxygen atoms in total. The van der Waals surface area contributed by atoms with E-state index in [-0.39, 0.29) is 30.1 Å². The molecular formula is C21H34O4. The molecule has 25 heavy (non-hydrogen) atoms. The summed E-state index contributed by atoms with van der Waals surface area (Å²) in [6.45, 7) is 12.2. The normalized spacial score (nSPS) is 15.7. The van der Waals surface area contributed by atoms with Crippen LogP contribution < -0.4 is 4.74 Å². The molecule has 0 amide bonds. The van der Waals surface area contributed by atoms with Crippen molar-refractivity contribution in [3.8, 4) is 5.75 Å². The lowest BCUT2D eigenvalue weighted by atomic mass is 9.82. The van der Waals surface area contributed by atoms with Crippen LogP contribution in [-0.4, -0.2) is 30.2 Å². The maximum absolute atomic E-state index is 12.2. The SMILES string of the molecule is COc1ccc(CO[C@H](C(C)C)[C@H](C)[C@@H](O)CC(=O)C(C)(C)C)cc1. The summed E-state index contributed by atoms with van der Waals surface area (Å²) in [6.07, 6.45) is -0.653. The predicted molar refractivity (Wildman–Crippen MR) is 101 cm³/mol. The Morgan fingerprint density at radius 2 is 1.68 bits per heavy atom. The van der Waals surface area contributed by atoms with Crippen LogP contribution in [0.2, 0.25) is 0 Å². The molecule has 1 N–H and O–H groups in total. The minimum atomic E-state index is -0.699. The van der Waals surface area contributed by atoms with Crippen LogP contribution in [0, 0.1) is 17.3 Å². The van der Waals surface area contributed by atoms with Crippen molar-refractivity contribution in [3.05, 3.63) is 29.8 Å².